The van der Waals surface area contributed by atoms with Crippen molar-refractivity contribution in [3.05, 3.63) is 30.6 Å². The van der Waals surface area contributed by atoms with Crippen LogP contribution in [0.1, 0.15) is 0 Å². The number of likely N-dealkylation sites (N-methyl/N-ethyl adjacent to an activating group) is 1. The minimum atomic E-state index is -0.0221. The SMILES string of the molecule is CN1CCN(NC(=O)Cn2c[c]c3cccnc32)CC1. The number of rotatable bonds is 3. The van der Waals surface area contributed by atoms with E-state index in [2.05, 4.69) is 28.4 Å². The number of aromatic nitrogens is 2. The zero-order valence-corrected chi connectivity index (χ0v) is 11.5. The molecule has 2 aromatic rings. The topological polar surface area (TPSA) is 53.4 Å². The van der Waals surface area contributed by atoms with Gasteiger partial charge in [0, 0.05) is 50.0 Å². The summed E-state index contributed by atoms with van der Waals surface area (Å²) in [6, 6.07) is 6.91. The Bertz CT molecular complexity index is 600. The molecule has 3 rings (SSSR count). The van der Waals surface area contributed by atoms with Crippen LogP contribution in [0.2, 0.25) is 0 Å². The Morgan fingerprint density at radius 1 is 1.40 bits per heavy atom. The molecule has 1 saturated heterocycles. The molecule has 1 radical (unpaired) electrons. The van der Waals surface area contributed by atoms with Crippen LogP contribution in [-0.4, -0.2) is 58.6 Å². The van der Waals surface area contributed by atoms with Crippen LogP contribution in [0.4, 0.5) is 0 Å². The summed E-state index contributed by atoms with van der Waals surface area (Å²) in [4.78, 5) is 18.6. The average Bonchev–Trinajstić information content (AvgIpc) is 2.85. The lowest BCUT2D eigenvalue weighted by atomic mass is 10.3. The number of piperazine rings is 1. The van der Waals surface area contributed by atoms with E-state index in [0.717, 1.165) is 37.2 Å². The number of fused-ring (bicyclic) bond motifs is 1. The van der Waals surface area contributed by atoms with Crippen LogP contribution in [0.5, 0.6) is 0 Å². The number of carbonyl (C=O) groups is 1. The van der Waals surface area contributed by atoms with E-state index in [1.807, 2.05) is 21.7 Å². The third-order valence-electron chi connectivity index (χ3n) is 3.53. The number of nitrogens with one attached hydrogen (secondary N) is 1. The van der Waals surface area contributed by atoms with E-state index in [-0.39, 0.29) is 12.5 Å². The van der Waals surface area contributed by atoms with Gasteiger partial charge in [-0.05, 0) is 19.2 Å². The maximum absolute atomic E-state index is 12.1. The normalized spacial score (nSPS) is 17.4. The van der Waals surface area contributed by atoms with E-state index in [0.29, 0.717) is 0 Å². The molecular formula is C14H18N5O. The Kier molecular flexibility index (Phi) is 3.66. The van der Waals surface area contributed by atoms with Crippen molar-refractivity contribution in [2.45, 2.75) is 6.54 Å². The molecule has 6 nitrogen and oxygen atoms in total. The molecule has 0 saturated carbocycles. The van der Waals surface area contributed by atoms with Crippen LogP contribution < -0.4 is 5.43 Å². The number of hydrogen-bond donors (Lipinski definition) is 1. The molecule has 20 heavy (non-hydrogen) atoms. The molecule has 1 aliphatic rings. The molecular weight excluding hydrogens is 254 g/mol. The Labute approximate surface area is 118 Å². The number of carbonyl (C=O) groups excluding carboxylic acids is 1. The minimum absolute atomic E-state index is 0.0221. The highest BCUT2D eigenvalue weighted by atomic mass is 16.2. The van der Waals surface area contributed by atoms with Gasteiger partial charge in [-0.25, -0.2) is 9.99 Å². The summed E-state index contributed by atoms with van der Waals surface area (Å²) in [5.74, 6) is -0.0221. The standard InChI is InChI=1S/C14H18N5O/c1-17-7-9-19(10-8-17)16-13(20)11-18-6-4-12-3-2-5-15-14(12)18/h2-3,5-6H,7-11H2,1H3,(H,16,20). The van der Waals surface area contributed by atoms with Gasteiger partial charge in [-0.3, -0.25) is 10.2 Å². The third-order valence-corrected chi connectivity index (χ3v) is 3.53. The second-order valence-corrected chi connectivity index (χ2v) is 5.10. The molecule has 3 heterocycles. The summed E-state index contributed by atoms with van der Waals surface area (Å²) in [6.07, 6.45) is 3.51. The van der Waals surface area contributed by atoms with Gasteiger partial charge in [-0.2, -0.15) is 0 Å². The number of pyridine rings is 1. The van der Waals surface area contributed by atoms with E-state index >= 15 is 0 Å². The molecule has 1 amide bonds. The predicted octanol–water partition coefficient (Wildman–Crippen LogP) is 0.115. The lowest BCUT2D eigenvalue weighted by Gasteiger charge is -2.32. The van der Waals surface area contributed by atoms with E-state index in [1.165, 1.54) is 0 Å². The van der Waals surface area contributed by atoms with Crippen LogP contribution in [-0.2, 0) is 11.3 Å². The van der Waals surface area contributed by atoms with Gasteiger partial charge >= 0.3 is 0 Å². The highest BCUT2D eigenvalue weighted by Crippen LogP contribution is 2.11. The number of amides is 1. The van der Waals surface area contributed by atoms with Crippen LogP contribution in [0, 0.1) is 6.07 Å². The zero-order valence-electron chi connectivity index (χ0n) is 11.5. The number of nitrogens with zero attached hydrogens (tertiary/aromatic N) is 4. The lowest BCUT2D eigenvalue weighted by molar-refractivity contribution is -0.127. The molecule has 1 N–H and O–H groups in total. The van der Waals surface area contributed by atoms with Crippen LogP contribution >= 0.6 is 0 Å². The lowest BCUT2D eigenvalue weighted by Crippen LogP contribution is -2.53. The smallest absolute Gasteiger partial charge is 0.254 e. The van der Waals surface area contributed by atoms with Gasteiger partial charge < -0.3 is 9.47 Å². The average molecular weight is 272 g/mol. The summed E-state index contributed by atoms with van der Waals surface area (Å²) >= 11 is 0. The maximum Gasteiger partial charge on any atom is 0.254 e. The molecule has 0 aromatic carbocycles. The summed E-state index contributed by atoms with van der Waals surface area (Å²) in [7, 11) is 2.09. The van der Waals surface area contributed by atoms with Crippen molar-refractivity contribution in [3.63, 3.8) is 0 Å². The van der Waals surface area contributed by atoms with E-state index in [9.17, 15) is 4.79 Å². The van der Waals surface area contributed by atoms with Crippen molar-refractivity contribution in [3.8, 4) is 0 Å². The Hall–Kier alpha value is -1.92. The third kappa shape index (κ3) is 2.81. The van der Waals surface area contributed by atoms with Gasteiger partial charge in [-0.15, -0.1) is 0 Å². The fraction of sp³-hybridized carbons (Fsp3) is 0.429. The van der Waals surface area contributed by atoms with E-state index in [1.54, 1.807) is 12.4 Å². The van der Waals surface area contributed by atoms with Crippen molar-refractivity contribution in [1.29, 1.82) is 0 Å². The van der Waals surface area contributed by atoms with E-state index in [4.69, 9.17) is 0 Å². The quantitative estimate of drug-likeness (QED) is 0.862. The first-order valence-electron chi connectivity index (χ1n) is 6.77. The second-order valence-electron chi connectivity index (χ2n) is 5.10. The zero-order chi connectivity index (χ0) is 13.9. The molecule has 0 aliphatic carbocycles. The summed E-state index contributed by atoms with van der Waals surface area (Å²) in [6.45, 7) is 3.94. The van der Waals surface area contributed by atoms with Gasteiger partial charge in [0.25, 0.3) is 5.91 Å². The molecule has 0 atom stereocenters. The summed E-state index contributed by atoms with van der Waals surface area (Å²) in [5.41, 5.74) is 3.74. The van der Waals surface area contributed by atoms with Crippen molar-refractivity contribution < 1.29 is 4.79 Å². The first-order chi connectivity index (χ1) is 9.72. The van der Waals surface area contributed by atoms with Gasteiger partial charge in [0.15, 0.2) is 0 Å². The largest absolute Gasteiger partial charge is 0.322 e. The molecule has 2 aromatic heterocycles. The van der Waals surface area contributed by atoms with E-state index < -0.39 is 0 Å². The maximum atomic E-state index is 12.1. The van der Waals surface area contributed by atoms with Crippen molar-refractivity contribution in [2.75, 3.05) is 33.2 Å². The second kappa shape index (κ2) is 5.60. The first kappa shape index (κ1) is 13.1. The van der Waals surface area contributed by atoms with Crippen molar-refractivity contribution in [2.24, 2.45) is 0 Å². The van der Waals surface area contributed by atoms with Crippen LogP contribution in [0.25, 0.3) is 11.0 Å². The molecule has 105 valence electrons. The van der Waals surface area contributed by atoms with Gasteiger partial charge in [0.2, 0.25) is 0 Å². The first-order valence-corrected chi connectivity index (χ1v) is 6.77. The Balaban J connectivity index is 1.61. The van der Waals surface area contributed by atoms with Gasteiger partial charge in [0.1, 0.15) is 12.2 Å². The van der Waals surface area contributed by atoms with Crippen LogP contribution in [0.3, 0.4) is 0 Å². The molecule has 1 fully saturated rings. The molecule has 1 aliphatic heterocycles. The summed E-state index contributed by atoms with van der Waals surface area (Å²) in [5, 5.41) is 2.91. The fourth-order valence-corrected chi connectivity index (χ4v) is 2.35. The fourth-order valence-electron chi connectivity index (χ4n) is 2.35. The molecule has 6 heteroatoms. The minimum Gasteiger partial charge on any atom is -0.322 e. The van der Waals surface area contributed by atoms with Crippen molar-refractivity contribution >= 4 is 16.9 Å². The predicted molar refractivity (Wildman–Crippen MR) is 75.8 cm³/mol. The highest BCUT2D eigenvalue weighted by Gasteiger charge is 2.16. The molecule has 0 bridgehead atoms. The molecule has 0 spiro atoms. The Morgan fingerprint density at radius 2 is 2.20 bits per heavy atom. The number of hydrogen-bond acceptors (Lipinski definition) is 4. The van der Waals surface area contributed by atoms with Gasteiger partial charge in [-0.1, -0.05) is 0 Å². The van der Waals surface area contributed by atoms with Gasteiger partial charge in [0.05, 0.1) is 0 Å². The van der Waals surface area contributed by atoms with Crippen LogP contribution in [0.15, 0.2) is 24.5 Å². The Morgan fingerprint density at radius 3 is 3.00 bits per heavy atom. The monoisotopic (exact) mass is 272 g/mol. The number of hydrazine groups is 1. The van der Waals surface area contributed by atoms with Crippen molar-refractivity contribution in [1.82, 2.24) is 24.9 Å². The summed E-state index contributed by atoms with van der Waals surface area (Å²) < 4.78 is 1.82. The highest BCUT2D eigenvalue weighted by molar-refractivity contribution is 5.80. The molecule has 0 unspecified atom stereocenters.